The van der Waals surface area contributed by atoms with Crippen LogP contribution in [0.3, 0.4) is 0 Å². The molecule has 1 aliphatic heterocycles. The Bertz CT molecular complexity index is 103. The zero-order valence-corrected chi connectivity index (χ0v) is 4.41. The van der Waals surface area contributed by atoms with Gasteiger partial charge in [-0.3, -0.25) is 0 Å². The molecule has 1 rings (SSSR count). The average molecular weight is 115 g/mol. The summed E-state index contributed by atoms with van der Waals surface area (Å²) in [7, 11) is 0. The minimum absolute atomic E-state index is 0.442. The third kappa shape index (κ3) is 0.993. The molecule has 2 atom stereocenters. The van der Waals surface area contributed by atoms with Gasteiger partial charge in [0.1, 0.15) is 12.2 Å². The van der Waals surface area contributed by atoms with Crippen LogP contribution < -0.4 is 5.32 Å². The van der Waals surface area contributed by atoms with Gasteiger partial charge in [-0.05, 0) is 12.3 Å². The maximum Gasteiger partial charge on any atom is 0.101 e. The van der Waals surface area contributed by atoms with Crippen molar-refractivity contribution in [3.63, 3.8) is 0 Å². The summed E-state index contributed by atoms with van der Waals surface area (Å²) in [5, 5.41) is 20.4. The molecule has 3 N–H and O–H groups in total. The largest absolute Gasteiger partial charge is 0.388 e. The van der Waals surface area contributed by atoms with Gasteiger partial charge in [-0.2, -0.15) is 0 Å². The van der Waals surface area contributed by atoms with E-state index >= 15 is 0 Å². The van der Waals surface area contributed by atoms with Gasteiger partial charge < -0.3 is 15.5 Å². The van der Waals surface area contributed by atoms with Crippen molar-refractivity contribution in [3.8, 4) is 0 Å². The Kier molecular flexibility index (Phi) is 1.50. The van der Waals surface area contributed by atoms with Crippen molar-refractivity contribution in [1.82, 2.24) is 5.32 Å². The van der Waals surface area contributed by atoms with E-state index < -0.39 is 12.2 Å². The molecule has 1 heterocycles. The first-order valence-electron chi connectivity index (χ1n) is 2.57. The van der Waals surface area contributed by atoms with Gasteiger partial charge in [-0.15, -0.1) is 0 Å². The standard InChI is InChI=1S/C5H9NO2/c7-4-1-2-6-3-5(4)8/h1-2,4-8H,3H2. The van der Waals surface area contributed by atoms with Crippen LogP contribution in [0.1, 0.15) is 0 Å². The molecule has 1 aliphatic rings. The first kappa shape index (κ1) is 5.59. The van der Waals surface area contributed by atoms with E-state index in [1.165, 1.54) is 6.08 Å². The molecule has 0 amide bonds. The smallest absolute Gasteiger partial charge is 0.101 e. The molecule has 0 aromatic heterocycles. The summed E-state index contributed by atoms with van der Waals surface area (Å²) < 4.78 is 0. The van der Waals surface area contributed by atoms with Crippen LogP contribution in [0.2, 0.25) is 0 Å². The van der Waals surface area contributed by atoms with Crippen LogP contribution in [-0.2, 0) is 0 Å². The number of hydrogen-bond acceptors (Lipinski definition) is 3. The molecule has 2 unspecified atom stereocenters. The molecular formula is C5H9NO2. The zero-order chi connectivity index (χ0) is 5.98. The van der Waals surface area contributed by atoms with E-state index in [9.17, 15) is 0 Å². The first-order chi connectivity index (χ1) is 3.80. The van der Waals surface area contributed by atoms with Crippen LogP contribution in [0.5, 0.6) is 0 Å². The highest BCUT2D eigenvalue weighted by Crippen LogP contribution is 1.97. The van der Waals surface area contributed by atoms with E-state index in [0.29, 0.717) is 6.54 Å². The number of nitrogens with one attached hydrogen (secondary N) is 1. The second-order valence-electron chi connectivity index (χ2n) is 1.83. The van der Waals surface area contributed by atoms with E-state index in [-0.39, 0.29) is 0 Å². The van der Waals surface area contributed by atoms with Gasteiger partial charge in [0.05, 0.1) is 0 Å². The fraction of sp³-hybridized carbons (Fsp3) is 0.600. The summed E-state index contributed by atoms with van der Waals surface area (Å²) in [5.74, 6) is 0. The van der Waals surface area contributed by atoms with E-state index in [1.54, 1.807) is 6.20 Å². The first-order valence-corrected chi connectivity index (χ1v) is 2.57. The highest BCUT2D eigenvalue weighted by molar-refractivity contribution is 4.96. The minimum atomic E-state index is -0.684. The topological polar surface area (TPSA) is 52.5 Å². The van der Waals surface area contributed by atoms with Crippen LogP contribution in [0.4, 0.5) is 0 Å². The minimum Gasteiger partial charge on any atom is -0.388 e. The molecule has 0 aromatic carbocycles. The maximum absolute atomic E-state index is 8.81. The van der Waals surface area contributed by atoms with Crippen LogP contribution in [-0.4, -0.2) is 29.0 Å². The molecule has 3 heteroatoms. The van der Waals surface area contributed by atoms with E-state index in [2.05, 4.69) is 5.32 Å². The average Bonchev–Trinajstić information content (AvgIpc) is 1.77. The normalized spacial score (nSPS) is 36.8. The summed E-state index contributed by atoms with van der Waals surface area (Å²) in [5.41, 5.74) is 0. The summed E-state index contributed by atoms with van der Waals surface area (Å²) in [6.07, 6.45) is 1.84. The van der Waals surface area contributed by atoms with Crippen molar-refractivity contribution in [3.05, 3.63) is 12.3 Å². The molecule has 0 aromatic rings. The SMILES string of the molecule is OC1C=CNCC1O. The van der Waals surface area contributed by atoms with Crippen molar-refractivity contribution >= 4 is 0 Å². The van der Waals surface area contributed by atoms with E-state index in [4.69, 9.17) is 10.2 Å². The Balaban J connectivity index is 2.47. The third-order valence-electron chi connectivity index (χ3n) is 1.13. The summed E-state index contributed by atoms with van der Waals surface area (Å²) in [4.78, 5) is 0. The highest BCUT2D eigenvalue weighted by atomic mass is 16.3. The van der Waals surface area contributed by atoms with Crippen molar-refractivity contribution in [1.29, 1.82) is 0 Å². The molecule has 0 saturated carbocycles. The summed E-state index contributed by atoms with van der Waals surface area (Å²) in [6, 6.07) is 0. The van der Waals surface area contributed by atoms with Crippen molar-refractivity contribution in [2.24, 2.45) is 0 Å². The van der Waals surface area contributed by atoms with Gasteiger partial charge in [0.15, 0.2) is 0 Å². The lowest BCUT2D eigenvalue weighted by Gasteiger charge is -2.18. The molecule has 0 spiro atoms. The molecule has 0 radical (unpaired) electrons. The lowest BCUT2D eigenvalue weighted by Crippen LogP contribution is -2.36. The molecule has 0 aliphatic carbocycles. The molecule has 8 heavy (non-hydrogen) atoms. The maximum atomic E-state index is 8.81. The van der Waals surface area contributed by atoms with Gasteiger partial charge in [0.2, 0.25) is 0 Å². The molecule has 0 fully saturated rings. The molecule has 0 bridgehead atoms. The van der Waals surface area contributed by atoms with Gasteiger partial charge in [0, 0.05) is 6.54 Å². The Morgan fingerprint density at radius 3 is 2.62 bits per heavy atom. The zero-order valence-electron chi connectivity index (χ0n) is 4.41. The van der Waals surface area contributed by atoms with Crippen molar-refractivity contribution in [2.75, 3.05) is 6.54 Å². The molecular weight excluding hydrogens is 106 g/mol. The second-order valence-corrected chi connectivity index (χ2v) is 1.83. The van der Waals surface area contributed by atoms with Gasteiger partial charge in [-0.1, -0.05) is 0 Å². The number of hydrogen-bond donors (Lipinski definition) is 3. The number of rotatable bonds is 0. The molecule has 0 saturated heterocycles. The lowest BCUT2D eigenvalue weighted by atomic mass is 10.1. The quantitative estimate of drug-likeness (QED) is 0.372. The predicted molar refractivity (Wildman–Crippen MR) is 29.2 cm³/mol. The Morgan fingerprint density at radius 2 is 2.25 bits per heavy atom. The Morgan fingerprint density at radius 1 is 1.50 bits per heavy atom. The van der Waals surface area contributed by atoms with Crippen LogP contribution in [0, 0.1) is 0 Å². The predicted octanol–water partition coefficient (Wildman–Crippen LogP) is -1.17. The second kappa shape index (κ2) is 2.15. The Labute approximate surface area is 47.6 Å². The van der Waals surface area contributed by atoms with E-state index in [1.807, 2.05) is 0 Å². The lowest BCUT2D eigenvalue weighted by molar-refractivity contribution is 0.0457. The van der Waals surface area contributed by atoms with Crippen LogP contribution in [0.15, 0.2) is 12.3 Å². The van der Waals surface area contributed by atoms with Gasteiger partial charge in [0.25, 0.3) is 0 Å². The van der Waals surface area contributed by atoms with E-state index in [0.717, 1.165) is 0 Å². The summed E-state index contributed by atoms with van der Waals surface area (Å²) in [6.45, 7) is 0.442. The number of aliphatic hydroxyl groups excluding tert-OH is 2. The van der Waals surface area contributed by atoms with Gasteiger partial charge >= 0.3 is 0 Å². The Hall–Kier alpha value is -0.540. The molecule has 46 valence electrons. The molecule has 3 nitrogen and oxygen atoms in total. The highest BCUT2D eigenvalue weighted by Gasteiger charge is 2.14. The number of β-amino-alcohol motifs (C(OH)–C–C–N with tert-alkyl or cyclic N) is 1. The fourth-order valence-electron chi connectivity index (χ4n) is 0.604. The van der Waals surface area contributed by atoms with Crippen LogP contribution >= 0.6 is 0 Å². The summed E-state index contributed by atoms with van der Waals surface area (Å²) >= 11 is 0. The van der Waals surface area contributed by atoms with Crippen molar-refractivity contribution < 1.29 is 10.2 Å². The third-order valence-corrected chi connectivity index (χ3v) is 1.13. The van der Waals surface area contributed by atoms with Gasteiger partial charge in [-0.25, -0.2) is 0 Å². The monoisotopic (exact) mass is 115 g/mol. The fourth-order valence-corrected chi connectivity index (χ4v) is 0.604. The van der Waals surface area contributed by atoms with Crippen molar-refractivity contribution in [2.45, 2.75) is 12.2 Å². The van der Waals surface area contributed by atoms with Crippen LogP contribution in [0.25, 0.3) is 0 Å². The number of aliphatic hydroxyl groups is 2.